The van der Waals surface area contributed by atoms with Crippen LogP contribution >= 0.6 is 0 Å². The van der Waals surface area contributed by atoms with Gasteiger partial charge in [-0.25, -0.2) is 15.0 Å². The van der Waals surface area contributed by atoms with Gasteiger partial charge in [-0.05, 0) is 57.3 Å². The quantitative estimate of drug-likeness (QED) is 0.197. The highest BCUT2D eigenvalue weighted by atomic mass is 16.3. The van der Waals surface area contributed by atoms with E-state index in [1.807, 2.05) is 78.9 Å². The third-order valence-electron chi connectivity index (χ3n) is 8.72. The Morgan fingerprint density at radius 1 is 0.340 bits per heavy atom. The Bertz CT molecular complexity index is 2500. The molecule has 0 saturated heterocycles. The lowest BCUT2D eigenvalue weighted by Gasteiger charge is -2.12. The molecule has 47 heavy (non-hydrogen) atoms. The molecule has 9 rings (SSSR count). The molecule has 4 nitrogen and oxygen atoms in total. The second-order valence-corrected chi connectivity index (χ2v) is 11.6. The van der Waals surface area contributed by atoms with Crippen LogP contribution in [0.25, 0.3) is 89.1 Å². The summed E-state index contributed by atoms with van der Waals surface area (Å²) < 4.78 is 6.41. The Morgan fingerprint density at radius 2 is 0.957 bits per heavy atom. The molecule has 0 radical (unpaired) electrons. The van der Waals surface area contributed by atoms with Crippen LogP contribution in [-0.2, 0) is 0 Å². The predicted molar refractivity (Wildman–Crippen MR) is 192 cm³/mol. The van der Waals surface area contributed by atoms with Gasteiger partial charge in [0.1, 0.15) is 11.2 Å². The molecule has 0 spiro atoms. The fourth-order valence-corrected chi connectivity index (χ4v) is 6.45. The molecule has 0 saturated carbocycles. The topological polar surface area (TPSA) is 51.8 Å². The third-order valence-corrected chi connectivity index (χ3v) is 8.72. The molecule has 4 heteroatoms. The molecule has 7 aromatic carbocycles. The minimum atomic E-state index is 0.644. The maximum atomic E-state index is 6.41. The smallest absolute Gasteiger partial charge is 0.164 e. The van der Waals surface area contributed by atoms with Crippen molar-refractivity contribution in [3.63, 3.8) is 0 Å². The molecule has 2 heterocycles. The monoisotopic (exact) mass is 601 g/mol. The first-order valence-corrected chi connectivity index (χ1v) is 15.7. The molecule has 0 fully saturated rings. The van der Waals surface area contributed by atoms with Crippen molar-refractivity contribution in [2.24, 2.45) is 0 Å². The van der Waals surface area contributed by atoms with Gasteiger partial charge < -0.3 is 4.42 Å². The Balaban J connectivity index is 1.24. The second-order valence-electron chi connectivity index (χ2n) is 11.6. The van der Waals surface area contributed by atoms with Crippen LogP contribution < -0.4 is 0 Å². The number of aromatic nitrogens is 3. The third kappa shape index (κ3) is 4.84. The van der Waals surface area contributed by atoms with Crippen molar-refractivity contribution in [1.29, 1.82) is 0 Å². The largest absolute Gasteiger partial charge is 0.456 e. The summed E-state index contributed by atoms with van der Waals surface area (Å²) in [6.07, 6.45) is 0. The molecule has 0 atom stereocenters. The van der Waals surface area contributed by atoms with Crippen molar-refractivity contribution in [1.82, 2.24) is 15.0 Å². The number of hydrogen-bond donors (Lipinski definition) is 0. The van der Waals surface area contributed by atoms with Gasteiger partial charge >= 0.3 is 0 Å². The van der Waals surface area contributed by atoms with E-state index in [9.17, 15) is 0 Å². The standard InChI is InChI=1S/C43H27N3O/c1-4-13-28(14-5-1)33-26-37(40-36-20-10-11-22-38(36)47-39(40)27-33)32-23-24-34-31(25-32)19-12-21-35(34)43-45-41(29-15-6-2-7-16-29)44-42(46-43)30-17-8-3-9-18-30/h1-27H. The summed E-state index contributed by atoms with van der Waals surface area (Å²) in [4.78, 5) is 14.9. The Hall–Kier alpha value is -6.39. The molecule has 0 aliphatic rings. The Kier molecular flexibility index (Phi) is 6.43. The highest BCUT2D eigenvalue weighted by Crippen LogP contribution is 2.41. The van der Waals surface area contributed by atoms with Gasteiger partial charge in [0.2, 0.25) is 0 Å². The number of para-hydroxylation sites is 1. The van der Waals surface area contributed by atoms with Crippen molar-refractivity contribution in [3.8, 4) is 56.4 Å². The molecule has 9 aromatic rings. The van der Waals surface area contributed by atoms with Crippen LogP contribution in [0.4, 0.5) is 0 Å². The van der Waals surface area contributed by atoms with Crippen LogP contribution in [0.1, 0.15) is 0 Å². The molecule has 2 aromatic heterocycles. The van der Waals surface area contributed by atoms with E-state index in [0.717, 1.165) is 71.7 Å². The number of rotatable bonds is 5. The summed E-state index contributed by atoms with van der Waals surface area (Å²) in [5.41, 5.74) is 9.15. The Morgan fingerprint density at radius 3 is 1.66 bits per heavy atom. The van der Waals surface area contributed by atoms with Gasteiger partial charge in [-0.3, -0.25) is 0 Å². The maximum absolute atomic E-state index is 6.41. The van der Waals surface area contributed by atoms with Crippen molar-refractivity contribution in [2.45, 2.75) is 0 Å². The van der Waals surface area contributed by atoms with E-state index in [-0.39, 0.29) is 0 Å². The summed E-state index contributed by atoms with van der Waals surface area (Å²) in [5, 5.41) is 4.41. The molecule has 0 unspecified atom stereocenters. The predicted octanol–water partition coefficient (Wildman–Crippen LogP) is 11.3. The van der Waals surface area contributed by atoms with E-state index >= 15 is 0 Å². The van der Waals surface area contributed by atoms with Crippen LogP contribution in [0.3, 0.4) is 0 Å². The molecule has 220 valence electrons. The van der Waals surface area contributed by atoms with Gasteiger partial charge in [0.05, 0.1) is 0 Å². The summed E-state index contributed by atoms with van der Waals surface area (Å²) in [7, 11) is 0. The average Bonchev–Trinajstić information content (AvgIpc) is 3.53. The SMILES string of the molecule is c1ccc(-c2cc(-c3ccc4c(-c5nc(-c6ccccc6)nc(-c6ccccc6)n5)cccc4c3)c3c(c2)oc2ccccc23)cc1. The zero-order chi connectivity index (χ0) is 31.2. The number of benzene rings is 7. The summed E-state index contributed by atoms with van der Waals surface area (Å²) in [6, 6.07) is 56.4. The lowest BCUT2D eigenvalue weighted by atomic mass is 9.92. The highest BCUT2D eigenvalue weighted by Gasteiger charge is 2.17. The summed E-state index contributed by atoms with van der Waals surface area (Å²) in [6.45, 7) is 0. The number of fused-ring (bicyclic) bond motifs is 4. The normalized spacial score (nSPS) is 11.4. The summed E-state index contributed by atoms with van der Waals surface area (Å²) in [5.74, 6) is 1.94. The van der Waals surface area contributed by atoms with Gasteiger partial charge in [-0.2, -0.15) is 0 Å². The van der Waals surface area contributed by atoms with Crippen LogP contribution in [0, 0.1) is 0 Å². The van der Waals surface area contributed by atoms with E-state index in [1.165, 1.54) is 0 Å². The van der Waals surface area contributed by atoms with Gasteiger partial charge in [0.15, 0.2) is 17.5 Å². The minimum Gasteiger partial charge on any atom is -0.456 e. The molecule has 0 aliphatic heterocycles. The number of furan rings is 1. The van der Waals surface area contributed by atoms with E-state index < -0.39 is 0 Å². The molecule has 0 N–H and O–H groups in total. The molecular weight excluding hydrogens is 574 g/mol. The van der Waals surface area contributed by atoms with Crippen molar-refractivity contribution >= 4 is 32.7 Å². The van der Waals surface area contributed by atoms with Crippen LogP contribution in [0.2, 0.25) is 0 Å². The molecular formula is C43H27N3O. The van der Waals surface area contributed by atoms with Gasteiger partial charge in [-0.1, -0.05) is 140 Å². The van der Waals surface area contributed by atoms with Crippen molar-refractivity contribution in [3.05, 3.63) is 164 Å². The Labute approximate surface area is 271 Å². The van der Waals surface area contributed by atoms with Gasteiger partial charge in [-0.15, -0.1) is 0 Å². The first-order chi connectivity index (χ1) is 23.3. The van der Waals surface area contributed by atoms with Crippen molar-refractivity contribution < 1.29 is 4.42 Å². The van der Waals surface area contributed by atoms with E-state index in [0.29, 0.717) is 17.5 Å². The van der Waals surface area contributed by atoms with Gasteiger partial charge in [0, 0.05) is 27.5 Å². The van der Waals surface area contributed by atoms with Crippen LogP contribution in [0.5, 0.6) is 0 Å². The lowest BCUT2D eigenvalue weighted by molar-refractivity contribution is 0.669. The van der Waals surface area contributed by atoms with Gasteiger partial charge in [0.25, 0.3) is 0 Å². The second kappa shape index (κ2) is 11.2. The summed E-state index contributed by atoms with van der Waals surface area (Å²) >= 11 is 0. The fourth-order valence-electron chi connectivity index (χ4n) is 6.45. The zero-order valence-electron chi connectivity index (χ0n) is 25.3. The van der Waals surface area contributed by atoms with E-state index in [1.54, 1.807) is 0 Å². The first kappa shape index (κ1) is 27.0. The van der Waals surface area contributed by atoms with Crippen LogP contribution in [-0.4, -0.2) is 15.0 Å². The first-order valence-electron chi connectivity index (χ1n) is 15.7. The van der Waals surface area contributed by atoms with E-state index in [4.69, 9.17) is 19.4 Å². The number of hydrogen-bond acceptors (Lipinski definition) is 4. The average molecular weight is 602 g/mol. The molecule has 0 aliphatic carbocycles. The maximum Gasteiger partial charge on any atom is 0.164 e. The zero-order valence-corrected chi connectivity index (χ0v) is 25.3. The number of nitrogens with zero attached hydrogens (tertiary/aromatic N) is 3. The minimum absolute atomic E-state index is 0.644. The van der Waals surface area contributed by atoms with E-state index in [2.05, 4.69) is 84.9 Å². The molecule has 0 amide bonds. The van der Waals surface area contributed by atoms with Crippen LogP contribution in [0.15, 0.2) is 168 Å². The highest BCUT2D eigenvalue weighted by molar-refractivity contribution is 6.14. The fraction of sp³-hybridized carbons (Fsp3) is 0. The van der Waals surface area contributed by atoms with Crippen molar-refractivity contribution in [2.75, 3.05) is 0 Å². The lowest BCUT2D eigenvalue weighted by Crippen LogP contribution is -2.00. The molecule has 0 bridgehead atoms.